The van der Waals surface area contributed by atoms with Gasteiger partial charge in [0.15, 0.2) is 5.75 Å². The van der Waals surface area contributed by atoms with Gasteiger partial charge in [0.1, 0.15) is 5.54 Å². The first-order valence-electron chi connectivity index (χ1n) is 6.81. The maximum absolute atomic E-state index is 11.3. The third-order valence-electron chi connectivity index (χ3n) is 3.52. The van der Waals surface area contributed by atoms with Crippen LogP contribution in [0.4, 0.5) is 11.4 Å². The first-order valence-corrected chi connectivity index (χ1v) is 6.81. The number of carbonyl (C=O) groups is 1. The molecule has 2 rings (SSSR count). The Balaban J connectivity index is 2.29. The zero-order valence-electron chi connectivity index (χ0n) is 12.0. The van der Waals surface area contributed by atoms with Crippen LogP contribution in [0, 0.1) is 10.1 Å². The van der Waals surface area contributed by atoms with Gasteiger partial charge in [-0.25, -0.2) is 4.79 Å². The summed E-state index contributed by atoms with van der Waals surface area (Å²) in [5.41, 5.74) is -0.587. The largest absolute Gasteiger partial charge is 0.484 e. The van der Waals surface area contributed by atoms with E-state index in [0.717, 1.165) is 6.42 Å². The van der Waals surface area contributed by atoms with Crippen molar-refractivity contribution in [1.29, 1.82) is 0 Å². The topological polar surface area (TPSA) is 102 Å². The van der Waals surface area contributed by atoms with E-state index in [1.807, 2.05) is 0 Å². The molecule has 0 saturated heterocycles. The van der Waals surface area contributed by atoms with Crippen LogP contribution in [0.5, 0.6) is 5.75 Å². The molecular weight excluding hydrogens is 276 g/mol. The molecule has 1 aliphatic carbocycles. The van der Waals surface area contributed by atoms with Crippen LogP contribution >= 0.6 is 0 Å². The summed E-state index contributed by atoms with van der Waals surface area (Å²) in [5, 5.41) is 23.3. The molecule has 1 aliphatic rings. The zero-order valence-corrected chi connectivity index (χ0v) is 12.0. The van der Waals surface area contributed by atoms with E-state index in [2.05, 4.69) is 5.32 Å². The molecule has 7 heteroatoms. The average molecular weight is 294 g/mol. The summed E-state index contributed by atoms with van der Waals surface area (Å²) in [4.78, 5) is 21.8. The van der Waals surface area contributed by atoms with Crippen LogP contribution in [0.3, 0.4) is 0 Å². The second kappa shape index (κ2) is 5.59. The SMILES string of the molecule is CC(C)Oc1cc(NC2(C(=O)O)CCC2)ccc1[N+](=O)[O-]. The maximum atomic E-state index is 11.3. The Hall–Kier alpha value is -2.31. The van der Waals surface area contributed by atoms with Gasteiger partial charge in [0.2, 0.25) is 0 Å². The average Bonchev–Trinajstić information content (AvgIpc) is 2.32. The maximum Gasteiger partial charge on any atom is 0.329 e. The number of carboxylic acid groups (broad SMARTS) is 1. The number of nitro groups is 1. The predicted molar refractivity (Wildman–Crippen MR) is 76.7 cm³/mol. The number of aliphatic carboxylic acids is 1. The molecule has 1 aromatic carbocycles. The van der Waals surface area contributed by atoms with Crippen molar-refractivity contribution in [3.8, 4) is 5.75 Å². The molecule has 0 heterocycles. The van der Waals surface area contributed by atoms with E-state index in [1.165, 1.54) is 18.2 Å². The Morgan fingerprint density at radius 3 is 2.57 bits per heavy atom. The molecule has 2 N–H and O–H groups in total. The molecule has 1 aromatic rings. The number of hydrogen-bond acceptors (Lipinski definition) is 5. The molecule has 0 aromatic heterocycles. The van der Waals surface area contributed by atoms with Gasteiger partial charge in [0, 0.05) is 17.8 Å². The Morgan fingerprint density at radius 1 is 1.48 bits per heavy atom. The molecule has 0 bridgehead atoms. The van der Waals surface area contributed by atoms with Crippen molar-refractivity contribution in [3.63, 3.8) is 0 Å². The quantitative estimate of drug-likeness (QED) is 0.618. The van der Waals surface area contributed by atoms with Crippen molar-refractivity contribution < 1.29 is 19.6 Å². The van der Waals surface area contributed by atoms with Crippen LogP contribution in [-0.4, -0.2) is 27.6 Å². The summed E-state index contributed by atoms with van der Waals surface area (Å²) in [5.74, 6) is -0.765. The van der Waals surface area contributed by atoms with E-state index in [1.54, 1.807) is 13.8 Å². The van der Waals surface area contributed by atoms with Crippen LogP contribution in [-0.2, 0) is 4.79 Å². The Labute approximate surface area is 122 Å². The lowest BCUT2D eigenvalue weighted by Crippen LogP contribution is -2.52. The fourth-order valence-corrected chi connectivity index (χ4v) is 2.29. The van der Waals surface area contributed by atoms with Gasteiger partial charge in [-0.1, -0.05) is 0 Å². The molecule has 0 unspecified atom stereocenters. The molecule has 1 saturated carbocycles. The van der Waals surface area contributed by atoms with E-state index in [4.69, 9.17) is 4.74 Å². The van der Waals surface area contributed by atoms with Crippen LogP contribution in [0.2, 0.25) is 0 Å². The van der Waals surface area contributed by atoms with Crippen LogP contribution in [0.25, 0.3) is 0 Å². The summed E-state index contributed by atoms with van der Waals surface area (Å²) in [7, 11) is 0. The minimum absolute atomic E-state index is 0.132. The Bertz CT molecular complexity index is 566. The predicted octanol–water partition coefficient (Wildman–Crippen LogP) is 2.80. The number of anilines is 1. The molecule has 1 fully saturated rings. The number of nitrogens with zero attached hydrogens (tertiary/aromatic N) is 1. The van der Waals surface area contributed by atoms with E-state index < -0.39 is 16.4 Å². The molecule has 0 radical (unpaired) electrons. The lowest BCUT2D eigenvalue weighted by molar-refractivity contribution is -0.386. The molecule has 0 atom stereocenters. The number of nitro benzene ring substituents is 1. The van der Waals surface area contributed by atoms with Gasteiger partial charge in [0.05, 0.1) is 11.0 Å². The normalized spacial score (nSPS) is 16.1. The van der Waals surface area contributed by atoms with Gasteiger partial charge in [0.25, 0.3) is 0 Å². The van der Waals surface area contributed by atoms with Gasteiger partial charge < -0.3 is 15.2 Å². The Morgan fingerprint density at radius 2 is 2.14 bits per heavy atom. The van der Waals surface area contributed by atoms with Crippen molar-refractivity contribution in [2.24, 2.45) is 0 Å². The summed E-state index contributed by atoms with van der Waals surface area (Å²) < 4.78 is 5.44. The highest BCUT2D eigenvalue weighted by molar-refractivity contribution is 5.84. The second-order valence-electron chi connectivity index (χ2n) is 5.47. The third-order valence-corrected chi connectivity index (χ3v) is 3.52. The minimum Gasteiger partial charge on any atom is -0.484 e. The van der Waals surface area contributed by atoms with Crippen LogP contribution in [0.15, 0.2) is 18.2 Å². The van der Waals surface area contributed by atoms with E-state index in [9.17, 15) is 20.0 Å². The van der Waals surface area contributed by atoms with Crippen molar-refractivity contribution >= 4 is 17.3 Å². The van der Waals surface area contributed by atoms with E-state index >= 15 is 0 Å². The van der Waals surface area contributed by atoms with Gasteiger partial charge in [-0.05, 0) is 39.2 Å². The second-order valence-corrected chi connectivity index (χ2v) is 5.47. The van der Waals surface area contributed by atoms with Gasteiger partial charge in [-0.2, -0.15) is 0 Å². The molecule has 0 amide bonds. The molecule has 114 valence electrons. The minimum atomic E-state index is -0.967. The number of carboxylic acids is 1. The lowest BCUT2D eigenvalue weighted by atomic mass is 9.76. The van der Waals surface area contributed by atoms with Crippen LogP contribution < -0.4 is 10.1 Å². The number of benzene rings is 1. The molecule has 21 heavy (non-hydrogen) atoms. The first kappa shape index (κ1) is 15.1. The highest BCUT2D eigenvalue weighted by Crippen LogP contribution is 2.38. The summed E-state index contributed by atoms with van der Waals surface area (Å²) in [6.45, 7) is 3.54. The van der Waals surface area contributed by atoms with Crippen molar-refractivity contribution in [2.75, 3.05) is 5.32 Å². The molecule has 7 nitrogen and oxygen atoms in total. The van der Waals surface area contributed by atoms with Gasteiger partial charge in [-0.3, -0.25) is 10.1 Å². The summed E-state index contributed by atoms with van der Waals surface area (Å²) in [6.07, 6.45) is 1.72. The smallest absolute Gasteiger partial charge is 0.329 e. The fourth-order valence-electron chi connectivity index (χ4n) is 2.29. The summed E-state index contributed by atoms with van der Waals surface area (Å²) >= 11 is 0. The van der Waals surface area contributed by atoms with Crippen molar-refractivity contribution in [2.45, 2.75) is 44.8 Å². The van der Waals surface area contributed by atoms with Crippen molar-refractivity contribution in [3.05, 3.63) is 28.3 Å². The monoisotopic (exact) mass is 294 g/mol. The van der Waals surface area contributed by atoms with Gasteiger partial charge >= 0.3 is 11.7 Å². The third kappa shape index (κ3) is 3.07. The lowest BCUT2D eigenvalue weighted by Gasteiger charge is -2.39. The summed E-state index contributed by atoms with van der Waals surface area (Å²) in [6, 6.07) is 4.32. The van der Waals surface area contributed by atoms with Gasteiger partial charge in [-0.15, -0.1) is 0 Å². The fraction of sp³-hybridized carbons (Fsp3) is 0.500. The zero-order chi connectivity index (χ0) is 15.6. The van der Waals surface area contributed by atoms with E-state index in [0.29, 0.717) is 18.5 Å². The van der Waals surface area contributed by atoms with Crippen molar-refractivity contribution in [1.82, 2.24) is 0 Å². The number of hydrogen-bond donors (Lipinski definition) is 2. The molecule has 0 aliphatic heterocycles. The number of ether oxygens (including phenoxy) is 1. The molecule has 0 spiro atoms. The van der Waals surface area contributed by atoms with Crippen LogP contribution in [0.1, 0.15) is 33.1 Å². The molecular formula is C14H18N2O5. The number of nitrogens with one attached hydrogen (secondary N) is 1. The standard InChI is InChI=1S/C14H18N2O5/c1-9(2)21-12-8-10(4-5-11(12)16(19)20)15-14(13(17)18)6-3-7-14/h4-5,8-9,15H,3,6-7H2,1-2H3,(H,17,18). The number of rotatable bonds is 6. The van der Waals surface area contributed by atoms with E-state index in [-0.39, 0.29) is 17.5 Å². The highest BCUT2D eigenvalue weighted by atomic mass is 16.6. The first-order chi connectivity index (χ1) is 9.84. The highest BCUT2D eigenvalue weighted by Gasteiger charge is 2.44. The Kier molecular flexibility index (Phi) is 4.02.